The van der Waals surface area contributed by atoms with Crippen molar-refractivity contribution in [2.24, 2.45) is 5.16 Å². The monoisotopic (exact) mass is 247 g/mol. The molecule has 0 spiro atoms. The van der Waals surface area contributed by atoms with Crippen molar-refractivity contribution in [3.8, 4) is 0 Å². The molecule has 1 aromatic carbocycles. The van der Waals surface area contributed by atoms with E-state index in [1.54, 1.807) is 12.1 Å². The summed E-state index contributed by atoms with van der Waals surface area (Å²) in [4.78, 5) is 0. The van der Waals surface area contributed by atoms with Crippen LogP contribution in [0.15, 0.2) is 29.4 Å². The molecule has 0 aliphatic rings. The molecule has 64 valence electrons. The number of alkyl halides is 1. The van der Waals surface area contributed by atoms with Crippen molar-refractivity contribution < 1.29 is 5.21 Å². The van der Waals surface area contributed by atoms with E-state index in [0.29, 0.717) is 5.56 Å². The molecule has 1 aromatic rings. The second-order valence-corrected chi connectivity index (χ2v) is 3.14. The van der Waals surface area contributed by atoms with E-state index in [9.17, 15) is 0 Å². The topological polar surface area (TPSA) is 32.6 Å². The quantitative estimate of drug-likeness (QED) is 0.371. The Hall–Kier alpha value is -0.540. The number of rotatable bonds is 2. The maximum atomic E-state index is 8.36. The summed E-state index contributed by atoms with van der Waals surface area (Å²) in [5.41, 5.74) is 1.87. The second-order valence-electron chi connectivity index (χ2n) is 2.22. The van der Waals surface area contributed by atoms with E-state index in [4.69, 9.17) is 16.8 Å². The molecule has 0 saturated carbocycles. The minimum absolute atomic E-state index is 0.108. The van der Waals surface area contributed by atoms with Crippen molar-refractivity contribution in [1.82, 2.24) is 0 Å². The Labute approximate surface area is 84.0 Å². The van der Waals surface area contributed by atoms with Gasteiger partial charge < -0.3 is 5.21 Å². The summed E-state index contributed by atoms with van der Waals surface area (Å²) in [7, 11) is 0. The fourth-order valence-corrected chi connectivity index (χ4v) is 1.29. The van der Waals surface area contributed by atoms with Gasteiger partial charge in [-0.3, -0.25) is 0 Å². The van der Waals surface area contributed by atoms with E-state index in [1.165, 1.54) is 0 Å². The van der Waals surface area contributed by atoms with Gasteiger partial charge in [0.05, 0.1) is 0 Å². The van der Waals surface area contributed by atoms with Crippen LogP contribution in [0.1, 0.15) is 11.1 Å². The zero-order chi connectivity index (χ0) is 8.97. The molecule has 0 amide bonds. The van der Waals surface area contributed by atoms with Crippen LogP contribution in [0.25, 0.3) is 0 Å². The fourth-order valence-electron chi connectivity index (χ4n) is 0.789. The molecule has 0 aromatic heterocycles. The highest BCUT2D eigenvalue weighted by molar-refractivity contribution is 9.08. The number of hydrogen-bond acceptors (Lipinski definition) is 2. The van der Waals surface area contributed by atoms with Crippen molar-refractivity contribution in [2.45, 2.75) is 5.33 Å². The average molecular weight is 249 g/mol. The molecular weight excluding hydrogens is 241 g/mol. The predicted octanol–water partition coefficient (Wildman–Crippen LogP) is 2.96. The first-order valence-corrected chi connectivity index (χ1v) is 4.80. The number of nitrogens with zero attached hydrogens (tertiary/aromatic N) is 1. The van der Waals surface area contributed by atoms with E-state index in [2.05, 4.69) is 21.1 Å². The van der Waals surface area contributed by atoms with Crippen LogP contribution in [0.2, 0.25) is 0 Å². The van der Waals surface area contributed by atoms with Crippen molar-refractivity contribution in [1.29, 1.82) is 0 Å². The summed E-state index contributed by atoms with van der Waals surface area (Å²) in [5.74, 6) is 0. The highest BCUT2D eigenvalue weighted by atomic mass is 79.9. The maximum Gasteiger partial charge on any atom is 0.175 e. The molecule has 0 radical (unpaired) electrons. The molecule has 4 heteroatoms. The standard InChI is InChI=1S/C8H7BrClNO/c9-5-6-1-3-7(4-2-6)8(10)11-12/h1-4,12H,5H2/b11-8-. The van der Waals surface area contributed by atoms with Crippen LogP contribution in [-0.4, -0.2) is 10.4 Å². The van der Waals surface area contributed by atoms with Crippen LogP contribution in [0.5, 0.6) is 0 Å². The molecule has 0 saturated heterocycles. The molecule has 0 bridgehead atoms. The second kappa shape index (κ2) is 4.48. The third kappa shape index (κ3) is 2.22. The first kappa shape index (κ1) is 9.55. The summed E-state index contributed by atoms with van der Waals surface area (Å²) < 4.78 is 0. The van der Waals surface area contributed by atoms with Crippen molar-refractivity contribution in [3.63, 3.8) is 0 Å². The van der Waals surface area contributed by atoms with Crippen LogP contribution in [0.4, 0.5) is 0 Å². The zero-order valence-electron chi connectivity index (χ0n) is 6.17. The van der Waals surface area contributed by atoms with Gasteiger partial charge in [-0.05, 0) is 5.56 Å². The molecule has 0 fully saturated rings. The number of hydrogen-bond donors (Lipinski definition) is 1. The third-order valence-corrected chi connectivity index (χ3v) is 2.38. The Balaban J connectivity index is 2.92. The van der Waals surface area contributed by atoms with Crippen LogP contribution >= 0.6 is 27.5 Å². The molecule has 2 nitrogen and oxygen atoms in total. The molecule has 0 atom stereocenters. The average Bonchev–Trinajstić information content (AvgIpc) is 2.17. The molecule has 1 rings (SSSR count). The number of halogens is 2. The van der Waals surface area contributed by atoms with E-state index in [-0.39, 0.29) is 5.17 Å². The van der Waals surface area contributed by atoms with Crippen molar-refractivity contribution in [3.05, 3.63) is 35.4 Å². The SMILES string of the molecule is O/N=C(\Cl)c1ccc(CBr)cc1. The molecular formula is C8H7BrClNO. The summed E-state index contributed by atoms with van der Waals surface area (Å²) in [6.45, 7) is 0. The van der Waals surface area contributed by atoms with Crippen molar-refractivity contribution in [2.75, 3.05) is 0 Å². The van der Waals surface area contributed by atoms with Crippen LogP contribution in [0.3, 0.4) is 0 Å². The lowest BCUT2D eigenvalue weighted by molar-refractivity contribution is 0.321. The molecule has 0 unspecified atom stereocenters. The molecule has 12 heavy (non-hydrogen) atoms. The lowest BCUT2D eigenvalue weighted by Gasteiger charge is -1.97. The van der Waals surface area contributed by atoms with Gasteiger partial charge in [-0.15, -0.1) is 0 Å². The van der Waals surface area contributed by atoms with E-state index in [0.717, 1.165) is 10.9 Å². The van der Waals surface area contributed by atoms with Gasteiger partial charge in [0.25, 0.3) is 0 Å². The summed E-state index contributed by atoms with van der Waals surface area (Å²) in [6.07, 6.45) is 0. The highest BCUT2D eigenvalue weighted by Crippen LogP contribution is 2.10. The molecule has 0 aliphatic heterocycles. The molecule has 1 N–H and O–H groups in total. The van der Waals surface area contributed by atoms with Gasteiger partial charge in [-0.25, -0.2) is 0 Å². The zero-order valence-corrected chi connectivity index (χ0v) is 8.51. The largest absolute Gasteiger partial charge is 0.410 e. The first-order valence-electron chi connectivity index (χ1n) is 3.30. The van der Waals surface area contributed by atoms with Gasteiger partial charge in [0, 0.05) is 10.9 Å². The van der Waals surface area contributed by atoms with Crippen LogP contribution < -0.4 is 0 Å². The van der Waals surface area contributed by atoms with Crippen LogP contribution in [-0.2, 0) is 5.33 Å². The lowest BCUT2D eigenvalue weighted by Crippen LogP contribution is -1.90. The Bertz CT molecular complexity index is 284. The Morgan fingerprint density at radius 2 is 2.00 bits per heavy atom. The van der Waals surface area contributed by atoms with Gasteiger partial charge in [0.1, 0.15) is 0 Å². The van der Waals surface area contributed by atoms with E-state index in [1.807, 2.05) is 12.1 Å². The summed E-state index contributed by atoms with van der Waals surface area (Å²) in [5, 5.41) is 12.2. The van der Waals surface area contributed by atoms with Crippen LogP contribution in [0, 0.1) is 0 Å². The lowest BCUT2D eigenvalue weighted by atomic mass is 10.2. The van der Waals surface area contributed by atoms with Gasteiger partial charge in [-0.2, -0.15) is 0 Å². The molecule has 0 aliphatic carbocycles. The molecule has 0 heterocycles. The number of oxime groups is 1. The third-order valence-electron chi connectivity index (χ3n) is 1.43. The van der Waals surface area contributed by atoms with E-state index >= 15 is 0 Å². The van der Waals surface area contributed by atoms with Gasteiger partial charge >= 0.3 is 0 Å². The number of benzene rings is 1. The summed E-state index contributed by atoms with van der Waals surface area (Å²) >= 11 is 8.90. The minimum atomic E-state index is 0.108. The normalized spacial score (nSPS) is 11.7. The fraction of sp³-hybridized carbons (Fsp3) is 0.125. The first-order chi connectivity index (χ1) is 5.77. The van der Waals surface area contributed by atoms with Gasteiger partial charge in [-0.1, -0.05) is 57.0 Å². The Morgan fingerprint density at radius 1 is 1.42 bits per heavy atom. The summed E-state index contributed by atoms with van der Waals surface area (Å²) in [6, 6.07) is 7.44. The van der Waals surface area contributed by atoms with Gasteiger partial charge in [0.15, 0.2) is 5.17 Å². The van der Waals surface area contributed by atoms with E-state index < -0.39 is 0 Å². The maximum absolute atomic E-state index is 8.36. The van der Waals surface area contributed by atoms with Gasteiger partial charge in [0.2, 0.25) is 0 Å². The minimum Gasteiger partial charge on any atom is -0.410 e. The smallest absolute Gasteiger partial charge is 0.175 e. The Morgan fingerprint density at radius 3 is 2.42 bits per heavy atom. The highest BCUT2D eigenvalue weighted by Gasteiger charge is 1.98. The van der Waals surface area contributed by atoms with Crippen molar-refractivity contribution >= 4 is 32.7 Å². The Kier molecular flexibility index (Phi) is 3.56. The predicted molar refractivity (Wildman–Crippen MR) is 53.2 cm³/mol.